The van der Waals surface area contributed by atoms with Crippen molar-refractivity contribution in [3.05, 3.63) is 46.9 Å². The first-order valence-corrected chi connectivity index (χ1v) is 5.63. The van der Waals surface area contributed by atoms with Gasteiger partial charge >= 0.3 is 0 Å². The van der Waals surface area contributed by atoms with Crippen LogP contribution >= 0.6 is 0 Å². The molecule has 3 heterocycles. The first kappa shape index (κ1) is 10.1. The number of rotatable bonds is 0. The zero-order valence-corrected chi connectivity index (χ0v) is 9.57. The molecule has 3 aromatic heterocycles. The molecule has 6 heteroatoms. The lowest BCUT2D eigenvalue weighted by Gasteiger charge is -2.02. The summed E-state index contributed by atoms with van der Waals surface area (Å²) >= 11 is 0. The summed E-state index contributed by atoms with van der Waals surface area (Å²) in [4.78, 5) is 15.4. The van der Waals surface area contributed by atoms with E-state index in [1.165, 1.54) is 12.3 Å². The van der Waals surface area contributed by atoms with Crippen LogP contribution in [0.15, 0.2) is 45.7 Å². The molecule has 1 aromatic carbocycles. The van der Waals surface area contributed by atoms with Crippen molar-refractivity contribution in [3.63, 3.8) is 0 Å². The van der Waals surface area contributed by atoms with Crippen LogP contribution in [-0.4, -0.2) is 20.4 Å². The third kappa shape index (κ3) is 1.46. The van der Waals surface area contributed by atoms with Gasteiger partial charge in [-0.1, -0.05) is 0 Å². The molecule has 0 amide bonds. The van der Waals surface area contributed by atoms with Gasteiger partial charge < -0.3 is 4.42 Å². The molecule has 0 fully saturated rings. The lowest BCUT2D eigenvalue weighted by atomic mass is 10.1. The fraction of sp³-hybridized carbons (Fsp3) is 0. The maximum absolute atomic E-state index is 11.4. The molecule has 4 aromatic rings. The van der Waals surface area contributed by atoms with Crippen molar-refractivity contribution in [2.45, 2.75) is 0 Å². The molecular weight excluding hydrogens is 244 g/mol. The monoisotopic (exact) mass is 250 g/mol. The Balaban J connectivity index is 2.28. The molecule has 0 atom stereocenters. The summed E-state index contributed by atoms with van der Waals surface area (Å²) in [6.45, 7) is 0. The van der Waals surface area contributed by atoms with Crippen molar-refractivity contribution >= 4 is 33.0 Å². The Morgan fingerprint density at radius 2 is 1.95 bits per heavy atom. The maximum Gasteiger partial charge on any atom is 0.270 e. The van der Waals surface area contributed by atoms with Crippen LogP contribution in [0.5, 0.6) is 0 Å². The number of fused-ring (bicyclic) bond motifs is 4. The molecule has 0 N–H and O–H groups in total. The highest BCUT2D eigenvalue weighted by molar-refractivity contribution is 6.05. The first-order chi connectivity index (χ1) is 9.31. The highest BCUT2D eigenvalue weighted by atomic mass is 16.3. The summed E-state index contributed by atoms with van der Waals surface area (Å²) in [5, 5.41) is 12.8. The molecule has 19 heavy (non-hydrogen) atoms. The van der Waals surface area contributed by atoms with Gasteiger partial charge in [-0.15, -0.1) is 10.2 Å². The van der Waals surface area contributed by atoms with Gasteiger partial charge in [-0.25, -0.2) is 4.98 Å². The molecular formula is C13H6N4O2. The van der Waals surface area contributed by atoms with Crippen LogP contribution < -0.4 is 5.56 Å². The number of pyridine rings is 1. The minimum Gasteiger partial charge on any atom is -0.453 e. The fourth-order valence-electron chi connectivity index (χ4n) is 2.10. The predicted molar refractivity (Wildman–Crippen MR) is 68.7 cm³/mol. The van der Waals surface area contributed by atoms with Crippen molar-refractivity contribution in [2.24, 2.45) is 0 Å². The van der Waals surface area contributed by atoms with Gasteiger partial charge in [0, 0.05) is 16.8 Å². The number of benzene rings is 1. The van der Waals surface area contributed by atoms with Gasteiger partial charge in [0.15, 0.2) is 5.58 Å². The van der Waals surface area contributed by atoms with Gasteiger partial charge in [0.05, 0.1) is 11.7 Å². The van der Waals surface area contributed by atoms with Crippen LogP contribution in [0.3, 0.4) is 0 Å². The summed E-state index contributed by atoms with van der Waals surface area (Å²) in [6.07, 6.45) is 1.50. The van der Waals surface area contributed by atoms with Crippen molar-refractivity contribution in [2.75, 3.05) is 0 Å². The van der Waals surface area contributed by atoms with E-state index in [1.54, 1.807) is 12.1 Å². The van der Waals surface area contributed by atoms with E-state index in [4.69, 9.17) is 4.42 Å². The maximum atomic E-state index is 11.4. The molecule has 0 aliphatic heterocycles. The molecule has 6 nitrogen and oxygen atoms in total. The largest absolute Gasteiger partial charge is 0.453 e. The highest BCUT2D eigenvalue weighted by Crippen LogP contribution is 2.26. The summed E-state index contributed by atoms with van der Waals surface area (Å²) in [5.41, 5.74) is 2.08. The predicted octanol–water partition coefficient (Wildman–Crippen LogP) is 1.68. The summed E-state index contributed by atoms with van der Waals surface area (Å²) in [6, 6.07) is 8.69. The SMILES string of the molecule is O=c1ccc2ccc3oc4cnnnc4cc3c2n1. The Hall–Kier alpha value is -2.89. The minimum atomic E-state index is -0.277. The van der Waals surface area contributed by atoms with Gasteiger partial charge in [-0.2, -0.15) is 0 Å². The van der Waals surface area contributed by atoms with Crippen LogP contribution in [0.1, 0.15) is 0 Å². The second-order valence-electron chi connectivity index (χ2n) is 4.13. The van der Waals surface area contributed by atoms with E-state index in [0.29, 0.717) is 22.2 Å². The molecule has 0 bridgehead atoms. The molecule has 0 aliphatic rings. The lowest BCUT2D eigenvalue weighted by Crippen LogP contribution is -2.02. The molecule has 0 saturated heterocycles. The van der Waals surface area contributed by atoms with Crippen molar-refractivity contribution in [1.29, 1.82) is 0 Å². The Bertz CT molecular complexity index is 994. The second-order valence-corrected chi connectivity index (χ2v) is 4.13. The smallest absolute Gasteiger partial charge is 0.270 e. The standard InChI is InChI=1S/C13H6N4O2/c18-12-4-2-7-1-3-10-8(13(7)15-12)5-9-11(19-10)6-14-17-16-9/h1-6H. The number of hydrogen-bond acceptors (Lipinski definition) is 6. The molecule has 0 spiro atoms. The van der Waals surface area contributed by atoms with E-state index in [-0.39, 0.29) is 5.56 Å². The van der Waals surface area contributed by atoms with E-state index >= 15 is 0 Å². The van der Waals surface area contributed by atoms with Crippen LogP contribution in [0, 0.1) is 0 Å². The van der Waals surface area contributed by atoms with Crippen LogP contribution in [0.25, 0.3) is 33.0 Å². The van der Waals surface area contributed by atoms with Gasteiger partial charge in [0.25, 0.3) is 5.56 Å². The normalized spacial score (nSPS) is 11.4. The zero-order valence-electron chi connectivity index (χ0n) is 9.57. The van der Waals surface area contributed by atoms with Crippen LogP contribution in [0.4, 0.5) is 0 Å². The molecule has 0 aliphatic carbocycles. The van der Waals surface area contributed by atoms with Gasteiger partial charge in [-0.3, -0.25) is 4.79 Å². The minimum absolute atomic E-state index is 0.277. The summed E-state index contributed by atoms with van der Waals surface area (Å²) in [7, 11) is 0. The molecule has 0 saturated carbocycles. The van der Waals surface area contributed by atoms with Crippen LogP contribution in [0.2, 0.25) is 0 Å². The summed E-state index contributed by atoms with van der Waals surface area (Å²) in [5.74, 6) is 0. The molecule has 0 radical (unpaired) electrons. The van der Waals surface area contributed by atoms with Gasteiger partial charge in [-0.05, 0) is 29.5 Å². The average molecular weight is 250 g/mol. The van der Waals surface area contributed by atoms with Crippen molar-refractivity contribution in [1.82, 2.24) is 20.4 Å². The van der Waals surface area contributed by atoms with E-state index in [0.717, 1.165) is 10.8 Å². The average Bonchev–Trinajstić information content (AvgIpc) is 2.45. The first-order valence-electron chi connectivity index (χ1n) is 5.63. The highest BCUT2D eigenvalue weighted by Gasteiger charge is 2.07. The van der Waals surface area contributed by atoms with Crippen molar-refractivity contribution in [3.8, 4) is 0 Å². The van der Waals surface area contributed by atoms with Crippen molar-refractivity contribution < 1.29 is 4.42 Å². The zero-order chi connectivity index (χ0) is 12.8. The topological polar surface area (TPSA) is 81.8 Å². The van der Waals surface area contributed by atoms with E-state index in [2.05, 4.69) is 20.4 Å². The Labute approximate surface area is 105 Å². The van der Waals surface area contributed by atoms with Crippen LogP contribution in [-0.2, 0) is 0 Å². The Morgan fingerprint density at radius 1 is 1.05 bits per heavy atom. The Kier molecular flexibility index (Phi) is 1.88. The third-order valence-corrected chi connectivity index (χ3v) is 2.97. The number of aromatic nitrogens is 4. The van der Waals surface area contributed by atoms with E-state index in [9.17, 15) is 4.79 Å². The fourth-order valence-corrected chi connectivity index (χ4v) is 2.10. The van der Waals surface area contributed by atoms with E-state index < -0.39 is 0 Å². The molecule has 90 valence electrons. The summed E-state index contributed by atoms with van der Waals surface area (Å²) < 4.78 is 5.69. The number of hydrogen-bond donors (Lipinski definition) is 0. The Morgan fingerprint density at radius 3 is 2.89 bits per heavy atom. The second kappa shape index (κ2) is 3.55. The quantitative estimate of drug-likeness (QED) is 0.349. The van der Waals surface area contributed by atoms with Gasteiger partial charge in [0.2, 0.25) is 0 Å². The number of nitrogens with zero attached hydrogens (tertiary/aromatic N) is 4. The van der Waals surface area contributed by atoms with Gasteiger partial charge in [0.1, 0.15) is 11.1 Å². The lowest BCUT2D eigenvalue weighted by molar-refractivity contribution is 0.651. The van der Waals surface area contributed by atoms with E-state index in [1.807, 2.05) is 12.1 Å². The molecule has 0 unspecified atom stereocenters. The third-order valence-electron chi connectivity index (χ3n) is 2.97. The molecule has 4 rings (SSSR count).